The molecule has 4 rings (SSSR count). The van der Waals surface area contributed by atoms with Gasteiger partial charge in [-0.05, 0) is 61.7 Å². The molecule has 1 fully saturated rings. The van der Waals surface area contributed by atoms with Crippen LogP contribution in [-0.4, -0.2) is 90.1 Å². The van der Waals surface area contributed by atoms with Crippen molar-refractivity contribution in [3.63, 3.8) is 0 Å². The van der Waals surface area contributed by atoms with E-state index in [1.54, 1.807) is 91.0 Å². The van der Waals surface area contributed by atoms with Crippen LogP contribution in [0.15, 0.2) is 103 Å². The number of carbonyl (C=O) groups excluding carboxylic acids is 4. The number of allylic oxidation sites excluding steroid dienone is 1. The van der Waals surface area contributed by atoms with E-state index in [1.807, 2.05) is 12.1 Å². The fraction of sp³-hybridized carbons (Fsp3) is 0.607. The fourth-order valence-electron chi connectivity index (χ4n) is 9.16. The molecule has 0 aliphatic carbocycles. The number of aliphatic hydroxyl groups is 2. The van der Waals surface area contributed by atoms with Gasteiger partial charge in [0.15, 0.2) is 18.5 Å². The highest BCUT2D eigenvalue weighted by molar-refractivity contribution is 5.91. The number of aliphatic hydroxyl groups excluding tert-OH is 2. The summed E-state index contributed by atoms with van der Waals surface area (Å²) in [5.74, 6) is -2.44. The van der Waals surface area contributed by atoms with Crippen LogP contribution in [0.25, 0.3) is 0 Å². The van der Waals surface area contributed by atoms with Crippen molar-refractivity contribution in [3.8, 4) is 0 Å². The van der Waals surface area contributed by atoms with E-state index in [2.05, 4.69) is 19.2 Å². The first kappa shape index (κ1) is 60.7. The molecule has 1 amide bonds. The van der Waals surface area contributed by atoms with Crippen LogP contribution in [0.5, 0.6) is 0 Å². The smallest absolute Gasteiger partial charge is 0.338 e. The van der Waals surface area contributed by atoms with Gasteiger partial charge < -0.3 is 39.2 Å². The van der Waals surface area contributed by atoms with Gasteiger partial charge in [0.2, 0.25) is 5.91 Å². The van der Waals surface area contributed by atoms with E-state index in [-0.39, 0.29) is 30.1 Å². The van der Waals surface area contributed by atoms with Gasteiger partial charge in [0.1, 0.15) is 18.3 Å². The van der Waals surface area contributed by atoms with Crippen molar-refractivity contribution < 1.29 is 53.1 Å². The van der Waals surface area contributed by atoms with Crippen molar-refractivity contribution in [1.29, 1.82) is 0 Å². The summed E-state index contributed by atoms with van der Waals surface area (Å²) in [6.45, 7) is 3.46. The van der Waals surface area contributed by atoms with Crippen molar-refractivity contribution in [1.82, 2.24) is 5.32 Å². The molecule has 0 bridgehead atoms. The summed E-state index contributed by atoms with van der Waals surface area (Å²) in [5.41, 5.74) is 0.715. The molecule has 3 aromatic carbocycles. The number of hydrogen-bond acceptors (Lipinski definition) is 11. The zero-order chi connectivity index (χ0) is 52.1. The maximum Gasteiger partial charge on any atom is 0.338 e. The highest BCUT2D eigenvalue weighted by Crippen LogP contribution is 2.29. The first-order valence-electron chi connectivity index (χ1n) is 28.1. The Morgan fingerprint density at radius 1 is 0.562 bits per heavy atom. The van der Waals surface area contributed by atoms with Crippen molar-refractivity contribution in [2.75, 3.05) is 13.2 Å². The minimum absolute atomic E-state index is 0.182. The predicted octanol–water partition coefficient (Wildman–Crippen LogP) is 13.0. The van der Waals surface area contributed by atoms with E-state index in [9.17, 15) is 29.4 Å². The average Bonchev–Trinajstić information content (AvgIpc) is 3.41. The summed E-state index contributed by atoms with van der Waals surface area (Å²) in [6.07, 6.45) is 24.8. The Morgan fingerprint density at radius 2 is 0.973 bits per heavy atom. The van der Waals surface area contributed by atoms with E-state index >= 15 is 0 Å². The molecule has 7 atom stereocenters. The molecule has 3 aromatic rings. The van der Waals surface area contributed by atoms with Gasteiger partial charge in [-0.15, -0.1) is 0 Å². The summed E-state index contributed by atoms with van der Waals surface area (Å²) < 4.78 is 30.3. The zero-order valence-corrected chi connectivity index (χ0v) is 44.2. The number of amides is 1. The van der Waals surface area contributed by atoms with Crippen molar-refractivity contribution in [2.24, 2.45) is 0 Å². The molecule has 0 saturated carbocycles. The lowest BCUT2D eigenvalue weighted by atomic mass is 9.98. The van der Waals surface area contributed by atoms with Gasteiger partial charge in [-0.2, -0.15) is 0 Å². The van der Waals surface area contributed by atoms with Gasteiger partial charge in [-0.25, -0.2) is 14.4 Å². The lowest BCUT2D eigenvalue weighted by Crippen LogP contribution is -2.62. The van der Waals surface area contributed by atoms with Crippen LogP contribution in [-0.2, 0) is 28.5 Å². The molecule has 0 unspecified atom stereocenters. The molecule has 73 heavy (non-hydrogen) atoms. The lowest BCUT2D eigenvalue weighted by molar-refractivity contribution is -0.301. The van der Waals surface area contributed by atoms with Crippen LogP contribution in [0.3, 0.4) is 0 Å². The first-order valence-corrected chi connectivity index (χ1v) is 28.1. The number of rotatable bonds is 39. The van der Waals surface area contributed by atoms with Crippen molar-refractivity contribution >= 4 is 23.8 Å². The van der Waals surface area contributed by atoms with E-state index in [4.69, 9.17) is 23.7 Å². The van der Waals surface area contributed by atoms with Crippen molar-refractivity contribution in [2.45, 2.75) is 224 Å². The number of nitrogens with one attached hydrogen (secondary N) is 1. The Kier molecular flexibility index (Phi) is 31.4. The molecule has 0 radical (unpaired) electrons. The summed E-state index contributed by atoms with van der Waals surface area (Å²) in [7, 11) is 0. The van der Waals surface area contributed by atoms with E-state index < -0.39 is 67.4 Å². The molecule has 1 saturated heterocycles. The third-order valence-corrected chi connectivity index (χ3v) is 13.5. The molecule has 12 heteroatoms. The maximum atomic E-state index is 13.8. The predicted molar refractivity (Wildman–Crippen MR) is 287 cm³/mol. The van der Waals surface area contributed by atoms with Crippen LogP contribution < -0.4 is 5.32 Å². The van der Waals surface area contributed by atoms with E-state index in [0.717, 1.165) is 44.9 Å². The molecular weight excluding hydrogens is 923 g/mol. The number of hydrogen-bond donors (Lipinski definition) is 3. The second kappa shape index (κ2) is 37.8. The number of carbonyl (C=O) groups is 4. The highest BCUT2D eigenvalue weighted by Gasteiger charge is 2.50. The molecule has 1 heterocycles. The fourth-order valence-corrected chi connectivity index (χ4v) is 9.16. The number of benzene rings is 3. The topological polar surface area (TPSA) is 167 Å². The summed E-state index contributed by atoms with van der Waals surface area (Å²) in [5, 5.41) is 25.7. The second-order valence-electron chi connectivity index (χ2n) is 19.7. The Morgan fingerprint density at radius 3 is 1.42 bits per heavy atom. The Balaban J connectivity index is 1.49. The third kappa shape index (κ3) is 24.3. The van der Waals surface area contributed by atoms with Gasteiger partial charge in [0, 0.05) is 6.42 Å². The van der Waals surface area contributed by atoms with Gasteiger partial charge >= 0.3 is 17.9 Å². The molecule has 1 aliphatic rings. The first-order chi connectivity index (χ1) is 35.7. The van der Waals surface area contributed by atoms with Crippen LogP contribution >= 0.6 is 0 Å². The second-order valence-corrected chi connectivity index (χ2v) is 19.7. The molecule has 3 N–H and O–H groups in total. The van der Waals surface area contributed by atoms with Crippen LogP contribution in [0.2, 0.25) is 0 Å². The molecule has 12 nitrogen and oxygen atoms in total. The standard InChI is InChI=1S/C61H89NO11/c1-3-5-7-9-11-13-15-17-19-21-23-25-36-44-52(70-58(66)48-38-30-27-31-39-48)51(62-54(64)45-37-26-24-22-20-18-16-14-12-10-8-6-4-2)47-69-61-55(65)57(73-60(68)50-42-34-29-35-43-50)56(53(46-63)71-61)72-59(67)49-40-32-28-33-41-49/h27-36,38-44,51-53,55-57,61,63,65H,3-26,37,45-47H2,1-2H3,(H,62,64)/b44-36+/t51-,52+,53+,55-,56+,57+,61-/m0/s1. The monoisotopic (exact) mass is 1010 g/mol. The van der Waals surface area contributed by atoms with Crippen molar-refractivity contribution in [3.05, 3.63) is 120 Å². The Labute approximate surface area is 437 Å². The van der Waals surface area contributed by atoms with E-state index in [0.29, 0.717) is 12.0 Å². The molecule has 0 aromatic heterocycles. The maximum absolute atomic E-state index is 13.8. The quantitative estimate of drug-likeness (QED) is 0.0215. The Bertz CT molecular complexity index is 1950. The minimum atomic E-state index is -1.74. The molecule has 0 spiro atoms. The Hall–Kier alpha value is -4.88. The number of ether oxygens (including phenoxy) is 5. The van der Waals surface area contributed by atoms with E-state index in [1.165, 1.54) is 109 Å². The van der Waals surface area contributed by atoms with Gasteiger partial charge in [0.05, 0.1) is 35.9 Å². The SMILES string of the molecule is CCCCCCCCCCCCC/C=C/[C@@H](OC(=O)c1ccccc1)[C@H](CO[C@H]1O[C@H](CO)[C@@H](OC(=O)c2ccccc2)[C@H](OC(=O)c2ccccc2)[C@@H]1O)NC(=O)CCCCCCCCCCCCCCC. The van der Waals surface area contributed by atoms with Gasteiger partial charge in [-0.1, -0.05) is 216 Å². The largest absolute Gasteiger partial charge is 0.452 e. The molecular formula is C61H89NO11. The third-order valence-electron chi connectivity index (χ3n) is 13.5. The summed E-state index contributed by atoms with van der Waals surface area (Å²) >= 11 is 0. The highest BCUT2D eigenvalue weighted by atomic mass is 16.7. The lowest BCUT2D eigenvalue weighted by Gasteiger charge is -2.43. The van der Waals surface area contributed by atoms with Gasteiger partial charge in [-0.3, -0.25) is 4.79 Å². The number of esters is 3. The minimum Gasteiger partial charge on any atom is -0.452 e. The summed E-state index contributed by atoms with van der Waals surface area (Å²) in [6, 6.07) is 24.0. The zero-order valence-electron chi connectivity index (χ0n) is 44.2. The molecule has 1 aliphatic heterocycles. The summed E-state index contributed by atoms with van der Waals surface area (Å²) in [4.78, 5) is 54.5. The normalized spacial score (nSPS) is 18.5. The molecule has 404 valence electrons. The number of unbranched alkanes of at least 4 members (excludes halogenated alkanes) is 23. The van der Waals surface area contributed by atoms with Crippen LogP contribution in [0.1, 0.15) is 212 Å². The van der Waals surface area contributed by atoms with Crippen LogP contribution in [0, 0.1) is 0 Å². The van der Waals surface area contributed by atoms with Gasteiger partial charge in [0.25, 0.3) is 0 Å². The average molecular weight is 1010 g/mol. The van der Waals surface area contributed by atoms with Crippen LogP contribution in [0.4, 0.5) is 0 Å².